The van der Waals surface area contributed by atoms with Crippen molar-refractivity contribution in [2.24, 2.45) is 0 Å². The number of hydrogen-bond donors (Lipinski definition) is 1. The molecule has 17 heavy (non-hydrogen) atoms. The molecule has 3 amide bonds. The zero-order chi connectivity index (χ0) is 12.5. The minimum Gasteiger partial charge on any atom is -0.337 e. The molecular weight excluding hydrogens is 216 g/mol. The molecule has 91 valence electrons. The van der Waals surface area contributed by atoms with Crippen LogP contribution in [0.3, 0.4) is 0 Å². The normalized spacial score (nSPS) is 9.71. The number of nitrogens with zero attached hydrogens (tertiary/aromatic N) is 1. The van der Waals surface area contributed by atoms with E-state index in [1.807, 2.05) is 6.07 Å². The summed E-state index contributed by atoms with van der Waals surface area (Å²) in [5.41, 5.74) is 0.524. The van der Waals surface area contributed by atoms with Gasteiger partial charge in [-0.25, -0.2) is 9.69 Å². The fourth-order valence-corrected chi connectivity index (χ4v) is 1.44. The highest BCUT2D eigenvalue weighted by Crippen LogP contribution is 2.11. The van der Waals surface area contributed by atoms with Crippen molar-refractivity contribution in [2.45, 2.75) is 26.2 Å². The zero-order valence-corrected chi connectivity index (χ0v) is 9.98. The predicted octanol–water partition coefficient (Wildman–Crippen LogP) is 2.46. The molecule has 0 spiro atoms. The molecule has 0 aliphatic carbocycles. The van der Waals surface area contributed by atoms with Gasteiger partial charge in [0.15, 0.2) is 0 Å². The number of benzene rings is 1. The Balaban J connectivity index is 2.50. The third kappa shape index (κ3) is 4.26. The molecule has 0 heterocycles. The number of urea groups is 1. The zero-order valence-electron chi connectivity index (χ0n) is 9.98. The van der Waals surface area contributed by atoms with Crippen molar-refractivity contribution < 1.29 is 9.59 Å². The predicted molar refractivity (Wildman–Crippen MR) is 67.5 cm³/mol. The number of imide groups is 1. The second-order valence-electron chi connectivity index (χ2n) is 3.70. The fourth-order valence-electron chi connectivity index (χ4n) is 1.44. The monoisotopic (exact) mass is 233 g/mol. The number of carbonyl (C=O) groups excluding carboxylic acids is 2. The summed E-state index contributed by atoms with van der Waals surface area (Å²) in [6, 6.07) is 8.31. The Morgan fingerprint density at radius 3 is 2.59 bits per heavy atom. The van der Waals surface area contributed by atoms with Crippen LogP contribution < -0.4 is 10.2 Å². The number of rotatable bonds is 6. The van der Waals surface area contributed by atoms with Crippen molar-refractivity contribution in [1.29, 1.82) is 0 Å². The molecule has 4 nitrogen and oxygen atoms in total. The van der Waals surface area contributed by atoms with Gasteiger partial charge in [0.05, 0.1) is 5.69 Å². The van der Waals surface area contributed by atoms with E-state index in [0.717, 1.165) is 24.2 Å². The summed E-state index contributed by atoms with van der Waals surface area (Å²) in [5, 5.41) is 2.69. The van der Waals surface area contributed by atoms with E-state index in [0.29, 0.717) is 12.2 Å². The van der Waals surface area contributed by atoms with Crippen molar-refractivity contribution in [1.82, 2.24) is 5.32 Å². The molecule has 0 bridgehead atoms. The second kappa shape index (κ2) is 7.44. The lowest BCUT2D eigenvalue weighted by Crippen LogP contribution is -2.39. The maximum atomic E-state index is 11.7. The van der Waals surface area contributed by atoms with E-state index in [9.17, 15) is 9.59 Å². The Morgan fingerprint density at radius 1 is 1.29 bits per heavy atom. The van der Waals surface area contributed by atoms with Gasteiger partial charge in [-0.1, -0.05) is 38.0 Å². The Labute approximate surface area is 102 Å². The largest absolute Gasteiger partial charge is 0.337 e. The van der Waals surface area contributed by atoms with Crippen molar-refractivity contribution in [2.75, 3.05) is 11.4 Å². The highest BCUT2D eigenvalue weighted by atomic mass is 16.2. The Hall–Kier alpha value is -1.84. The lowest BCUT2D eigenvalue weighted by atomic mass is 10.2. The average molecular weight is 233 g/mol. The fraction of sp³-hybridized carbons (Fsp3) is 0.385. The molecule has 0 saturated carbocycles. The summed E-state index contributed by atoms with van der Waals surface area (Å²) in [4.78, 5) is 23.4. The smallest absolute Gasteiger partial charge is 0.329 e. The van der Waals surface area contributed by atoms with Crippen LogP contribution >= 0.6 is 0 Å². The van der Waals surface area contributed by atoms with Crippen LogP contribution in [0.15, 0.2) is 30.3 Å². The van der Waals surface area contributed by atoms with Gasteiger partial charge in [-0.05, 0) is 18.6 Å². The van der Waals surface area contributed by atoms with E-state index >= 15 is 0 Å². The Morgan fingerprint density at radius 2 is 2.00 bits per heavy atom. The van der Waals surface area contributed by atoms with Crippen LogP contribution in [0.2, 0.25) is 0 Å². The van der Waals surface area contributed by atoms with Crippen LogP contribution in [0, 0.1) is 0 Å². The van der Waals surface area contributed by atoms with E-state index < -0.39 is 6.03 Å². The van der Waals surface area contributed by atoms with Crippen LogP contribution in [0.5, 0.6) is 0 Å². The number of para-hydroxylation sites is 1. The van der Waals surface area contributed by atoms with Gasteiger partial charge in [-0.15, -0.1) is 0 Å². The summed E-state index contributed by atoms with van der Waals surface area (Å²) >= 11 is 0. The van der Waals surface area contributed by atoms with Crippen LogP contribution in [0.25, 0.3) is 0 Å². The standard InChI is InChI=1S/C13H17N2O2/c1-2-3-7-10-14-13(17)15(11-16)12-8-5-4-6-9-12/h4-6,8-9H,2-3,7,10H2,1H3,(H,14,17). The summed E-state index contributed by atoms with van der Waals surface area (Å²) < 4.78 is 0. The number of amides is 3. The molecule has 1 N–H and O–H groups in total. The van der Waals surface area contributed by atoms with E-state index in [1.54, 1.807) is 30.7 Å². The summed E-state index contributed by atoms with van der Waals surface area (Å²) in [5.74, 6) is 0. The summed E-state index contributed by atoms with van der Waals surface area (Å²) in [6.07, 6.45) is 4.71. The van der Waals surface area contributed by atoms with E-state index in [1.165, 1.54) is 0 Å². The van der Waals surface area contributed by atoms with Crippen LogP contribution in [-0.2, 0) is 4.79 Å². The minimum atomic E-state index is -0.428. The van der Waals surface area contributed by atoms with Crippen molar-refractivity contribution in [3.8, 4) is 0 Å². The van der Waals surface area contributed by atoms with E-state index in [-0.39, 0.29) is 0 Å². The molecule has 4 heteroatoms. The van der Waals surface area contributed by atoms with E-state index in [4.69, 9.17) is 0 Å². The molecular formula is C13H17N2O2. The first kappa shape index (κ1) is 13.2. The minimum absolute atomic E-state index is 0.428. The second-order valence-corrected chi connectivity index (χ2v) is 3.70. The molecule has 0 fully saturated rings. The van der Waals surface area contributed by atoms with Gasteiger partial charge in [-0.3, -0.25) is 4.79 Å². The Kier molecular flexibility index (Phi) is 5.79. The van der Waals surface area contributed by atoms with Crippen LogP contribution in [0.1, 0.15) is 26.2 Å². The van der Waals surface area contributed by atoms with Crippen molar-refractivity contribution in [3.05, 3.63) is 30.3 Å². The summed E-state index contributed by atoms with van der Waals surface area (Å²) in [6.45, 7) is 2.68. The number of hydrogen-bond acceptors (Lipinski definition) is 2. The van der Waals surface area contributed by atoms with Gasteiger partial charge >= 0.3 is 12.4 Å². The van der Waals surface area contributed by atoms with Crippen molar-refractivity contribution in [3.63, 3.8) is 0 Å². The number of anilines is 1. The molecule has 0 saturated heterocycles. The Bertz CT molecular complexity index is 352. The molecule has 1 aromatic rings. The lowest BCUT2D eigenvalue weighted by Gasteiger charge is -2.15. The molecule has 1 aromatic carbocycles. The van der Waals surface area contributed by atoms with Gasteiger partial charge in [0.2, 0.25) is 0 Å². The molecule has 0 aromatic heterocycles. The van der Waals surface area contributed by atoms with Gasteiger partial charge in [0.25, 0.3) is 0 Å². The molecule has 1 radical (unpaired) electrons. The molecule has 1 rings (SSSR count). The van der Waals surface area contributed by atoms with Gasteiger partial charge in [-0.2, -0.15) is 0 Å². The molecule has 0 aliphatic rings. The molecule has 0 atom stereocenters. The van der Waals surface area contributed by atoms with Crippen LogP contribution in [0.4, 0.5) is 10.5 Å². The first-order valence-electron chi connectivity index (χ1n) is 5.80. The maximum Gasteiger partial charge on any atom is 0.329 e. The van der Waals surface area contributed by atoms with Gasteiger partial charge < -0.3 is 5.32 Å². The first-order valence-corrected chi connectivity index (χ1v) is 5.80. The highest BCUT2D eigenvalue weighted by molar-refractivity contribution is 6.06. The van der Waals surface area contributed by atoms with Crippen LogP contribution in [-0.4, -0.2) is 19.0 Å². The third-order valence-corrected chi connectivity index (χ3v) is 2.37. The third-order valence-electron chi connectivity index (χ3n) is 2.37. The van der Waals surface area contributed by atoms with Crippen molar-refractivity contribution >= 4 is 18.1 Å². The van der Waals surface area contributed by atoms with E-state index in [2.05, 4.69) is 12.2 Å². The molecule has 0 unspecified atom stereocenters. The van der Waals surface area contributed by atoms with Gasteiger partial charge in [0, 0.05) is 6.54 Å². The number of nitrogens with one attached hydrogen (secondary N) is 1. The lowest BCUT2D eigenvalue weighted by molar-refractivity contribution is 0.248. The topological polar surface area (TPSA) is 49.4 Å². The number of carbonyl (C=O) groups is 1. The van der Waals surface area contributed by atoms with Gasteiger partial charge in [0.1, 0.15) is 0 Å². The quantitative estimate of drug-likeness (QED) is 0.606. The highest BCUT2D eigenvalue weighted by Gasteiger charge is 2.14. The first-order chi connectivity index (χ1) is 8.29. The number of unbranched alkanes of at least 4 members (excludes halogenated alkanes) is 2. The molecule has 0 aliphatic heterocycles. The average Bonchev–Trinajstić information content (AvgIpc) is 2.37. The maximum absolute atomic E-state index is 11.7. The SMILES string of the molecule is CCCCCNC(=O)N([C]=O)c1ccccc1. The summed E-state index contributed by atoms with van der Waals surface area (Å²) in [7, 11) is 0.